The van der Waals surface area contributed by atoms with Gasteiger partial charge in [-0.05, 0) is 0 Å². The van der Waals surface area contributed by atoms with E-state index in [4.69, 9.17) is 0 Å². The second-order valence-electron chi connectivity index (χ2n) is 0. The van der Waals surface area contributed by atoms with Gasteiger partial charge in [0.05, 0.1) is 0 Å². The predicted molar refractivity (Wildman–Crippen MR) is 134 cm³/mol. The zero-order valence-electron chi connectivity index (χ0n) is 13.7. The van der Waals surface area contributed by atoms with Crippen molar-refractivity contribution in [1.82, 2.24) is 0 Å². The minimum absolute atomic E-state index is 0. The van der Waals surface area contributed by atoms with Crippen molar-refractivity contribution in [1.29, 1.82) is 0 Å². The summed E-state index contributed by atoms with van der Waals surface area (Å²) in [5, 5.41) is 0. The quantitative estimate of drug-likeness (QED) is 0.273. The van der Waals surface area contributed by atoms with Gasteiger partial charge in [0.1, 0.15) is 0 Å². The molecule has 22 heavy (non-hydrogen) atoms. The minimum Gasteiger partial charge on any atom is -1.00 e. The molecule has 0 bridgehead atoms. The summed E-state index contributed by atoms with van der Waals surface area (Å²) in [5.41, 5.74) is 0. The van der Waals surface area contributed by atoms with Crippen molar-refractivity contribution in [3.8, 4) is 0 Å². The Morgan fingerprint density at radius 3 is 0.182 bits per heavy atom. The van der Waals surface area contributed by atoms with Crippen molar-refractivity contribution in [2.24, 2.45) is 0 Å². The summed E-state index contributed by atoms with van der Waals surface area (Å²) in [7, 11) is 0. The molecule has 0 nitrogen and oxygen atoms in total. The van der Waals surface area contributed by atoms with Gasteiger partial charge >= 0.3 is 88.7 Å². The molecule has 0 amide bonds. The predicted octanol–water partition coefficient (Wildman–Crippen LogP) is -1.06. The summed E-state index contributed by atoms with van der Waals surface area (Å²) >= 11 is 0. The third kappa shape index (κ3) is 285. The fourth-order valence-corrected chi connectivity index (χ4v) is 0. The van der Waals surface area contributed by atoms with Crippen LogP contribution in [0.15, 0.2) is 0 Å². The Hall–Kier alpha value is 8.87. The van der Waals surface area contributed by atoms with Crippen LogP contribution in [0.1, 0.15) is 4.28 Å². The summed E-state index contributed by atoms with van der Waals surface area (Å²) in [4.78, 5) is 0. The van der Waals surface area contributed by atoms with Crippen LogP contribution in [0.4, 0.5) is 0 Å². The fourth-order valence-electron chi connectivity index (χ4n) is 0. The van der Waals surface area contributed by atoms with E-state index in [-0.39, 0.29) is 336 Å². The van der Waals surface area contributed by atoms with E-state index in [1.807, 2.05) is 0 Å². The summed E-state index contributed by atoms with van der Waals surface area (Å²) in [6.07, 6.45) is 0. The van der Waals surface area contributed by atoms with Gasteiger partial charge in [0, 0.05) is 20.1 Å². The average Bonchev–Trinajstić information content (AvgIpc) is 0. The van der Waals surface area contributed by atoms with E-state index in [0.29, 0.717) is 0 Å². The van der Waals surface area contributed by atoms with Gasteiger partial charge < -0.3 is 4.28 Å². The number of hydrogen-bond donors (Lipinski definition) is 0. The minimum atomic E-state index is 0. The summed E-state index contributed by atoms with van der Waals surface area (Å²) in [6, 6.07) is 0. The maximum atomic E-state index is 0. The van der Waals surface area contributed by atoms with Crippen molar-refractivity contribution >= 4 is 223 Å². The molecular formula is H21Cl18IrNa3. The van der Waals surface area contributed by atoms with Gasteiger partial charge in [-0.15, -0.1) is 223 Å². The van der Waals surface area contributed by atoms with Crippen molar-refractivity contribution in [3.05, 3.63) is 0 Å². The number of hydrogen-bond acceptors (Lipinski definition) is 0. The first-order valence-corrected chi connectivity index (χ1v) is 0. The first-order chi connectivity index (χ1) is 0. The summed E-state index contributed by atoms with van der Waals surface area (Å²) < 4.78 is 0. The molecule has 0 rings (SSSR count). The molecular weight excluding hydrogens is 899 g/mol. The monoisotopic (exact) mass is 913 g/mol. The van der Waals surface area contributed by atoms with Gasteiger partial charge in [-0.25, -0.2) is 0 Å². The zero-order chi connectivity index (χ0) is 0. The van der Waals surface area contributed by atoms with Crippen LogP contribution in [0.2, 0.25) is 0 Å². The SMILES string of the molecule is Cl.Cl.Cl.Cl.Cl.Cl.Cl.Cl.Cl.Cl.Cl.Cl.Cl.Cl.Cl.Cl.Cl.Cl.[H-].[H-].[H-].[Ir].[Na+].[Na+].[Na+]. The molecule has 0 fully saturated rings. The van der Waals surface area contributed by atoms with E-state index >= 15 is 0 Å². The van der Waals surface area contributed by atoms with Crippen LogP contribution in [-0.2, 0) is 20.1 Å². The van der Waals surface area contributed by atoms with Crippen LogP contribution in [-0.4, -0.2) is 0 Å². The molecule has 0 spiro atoms. The second kappa shape index (κ2) is 316. The average molecular weight is 921 g/mol. The van der Waals surface area contributed by atoms with E-state index in [2.05, 4.69) is 0 Å². The molecule has 0 unspecified atom stereocenters. The molecule has 0 atom stereocenters. The molecule has 22 heteroatoms. The van der Waals surface area contributed by atoms with Crippen molar-refractivity contribution in [2.45, 2.75) is 0 Å². The fraction of sp³-hybridized carbons (Fsp3) is 0. The standard InChI is InChI=1S/18ClH.Ir.3Na.3H/h18*1H;;;;;;;/q;;;;;;;;;;;;;;;;;;;3*+1;3*-1. The number of rotatable bonds is 0. The second-order valence-corrected chi connectivity index (χ2v) is 0. The van der Waals surface area contributed by atoms with Crippen molar-refractivity contribution < 1.29 is 113 Å². The van der Waals surface area contributed by atoms with Gasteiger partial charge in [-0.2, -0.15) is 0 Å². The molecule has 159 valence electrons. The summed E-state index contributed by atoms with van der Waals surface area (Å²) in [5.74, 6) is 0. The molecule has 0 aromatic carbocycles. The third-order valence-corrected chi connectivity index (χ3v) is 0. The third-order valence-electron chi connectivity index (χ3n) is 0. The molecule has 1 radical (unpaired) electrons. The van der Waals surface area contributed by atoms with Crippen LogP contribution < -0.4 is 88.7 Å². The number of halogens is 18. The summed E-state index contributed by atoms with van der Waals surface area (Å²) in [6.45, 7) is 0. The van der Waals surface area contributed by atoms with Crippen LogP contribution in [0.5, 0.6) is 0 Å². The Balaban J connectivity index is 0. The molecule has 0 aromatic heterocycles. The molecule has 0 N–H and O–H groups in total. The largest absolute Gasteiger partial charge is 1.00 e. The van der Waals surface area contributed by atoms with Crippen LogP contribution in [0.3, 0.4) is 0 Å². The molecule has 0 saturated heterocycles. The van der Waals surface area contributed by atoms with E-state index < -0.39 is 0 Å². The van der Waals surface area contributed by atoms with Gasteiger partial charge in [0.15, 0.2) is 0 Å². The van der Waals surface area contributed by atoms with Gasteiger partial charge in [-0.3, -0.25) is 0 Å². The maximum absolute atomic E-state index is 0. The topological polar surface area (TPSA) is 0 Å². The van der Waals surface area contributed by atoms with E-state index in [0.717, 1.165) is 0 Å². The first-order valence-electron chi connectivity index (χ1n) is 0. The Morgan fingerprint density at radius 2 is 0.182 bits per heavy atom. The molecule has 0 aliphatic heterocycles. The van der Waals surface area contributed by atoms with Gasteiger partial charge in [0.2, 0.25) is 0 Å². The van der Waals surface area contributed by atoms with Crippen LogP contribution in [0.25, 0.3) is 0 Å². The Morgan fingerprint density at radius 1 is 0.182 bits per heavy atom. The normalized spacial score (nSPS) is 0. The zero-order valence-corrected chi connectivity index (χ0v) is 33.8. The van der Waals surface area contributed by atoms with Crippen LogP contribution in [0, 0.1) is 0 Å². The smallest absolute Gasteiger partial charge is 1.00 e. The van der Waals surface area contributed by atoms with Crippen molar-refractivity contribution in [3.63, 3.8) is 0 Å². The first kappa shape index (κ1) is 350. The molecule has 0 aliphatic carbocycles. The van der Waals surface area contributed by atoms with Gasteiger partial charge in [-0.1, -0.05) is 0 Å². The molecule has 0 aliphatic rings. The van der Waals surface area contributed by atoms with E-state index in [9.17, 15) is 0 Å². The maximum Gasteiger partial charge on any atom is 1.00 e. The van der Waals surface area contributed by atoms with Crippen LogP contribution >= 0.6 is 223 Å². The Kier molecular flexibility index (Phi) is 5040. The molecule has 0 heterocycles. The van der Waals surface area contributed by atoms with Gasteiger partial charge in [0.25, 0.3) is 0 Å². The molecule has 0 aromatic rings. The van der Waals surface area contributed by atoms with E-state index in [1.54, 1.807) is 0 Å². The Bertz CT molecular complexity index is 31.5. The van der Waals surface area contributed by atoms with E-state index in [1.165, 1.54) is 0 Å². The van der Waals surface area contributed by atoms with Crippen molar-refractivity contribution in [2.75, 3.05) is 0 Å². The molecule has 0 saturated carbocycles. The Labute approximate surface area is 329 Å².